The first-order valence-electron chi connectivity index (χ1n) is 5.89. The molecule has 2 unspecified atom stereocenters. The number of nitrogens with one attached hydrogen (secondary N) is 1. The molecule has 5 heteroatoms. The van der Waals surface area contributed by atoms with Gasteiger partial charge in [-0.05, 0) is 30.2 Å². The van der Waals surface area contributed by atoms with Crippen LogP contribution in [0.25, 0.3) is 10.2 Å². The highest BCUT2D eigenvalue weighted by atomic mass is 35.5. The van der Waals surface area contributed by atoms with E-state index >= 15 is 0 Å². The Morgan fingerprint density at radius 2 is 2.35 bits per heavy atom. The molecule has 1 saturated carbocycles. The van der Waals surface area contributed by atoms with E-state index in [1.807, 2.05) is 6.07 Å². The zero-order valence-corrected chi connectivity index (χ0v) is 11.0. The predicted molar refractivity (Wildman–Crippen MR) is 72.9 cm³/mol. The second-order valence-electron chi connectivity index (χ2n) is 4.45. The first kappa shape index (κ1) is 11.2. The monoisotopic (exact) mass is 267 g/mol. The maximum atomic E-state index is 6.00. The van der Waals surface area contributed by atoms with Gasteiger partial charge in [0.15, 0.2) is 0 Å². The van der Waals surface area contributed by atoms with Crippen molar-refractivity contribution in [2.24, 2.45) is 5.92 Å². The van der Waals surface area contributed by atoms with Gasteiger partial charge >= 0.3 is 0 Å². The highest BCUT2D eigenvalue weighted by molar-refractivity contribution is 7.17. The molecule has 0 amide bonds. The number of nitrogens with zero attached hydrogens (tertiary/aromatic N) is 2. The van der Waals surface area contributed by atoms with Gasteiger partial charge in [0.05, 0.1) is 10.2 Å². The van der Waals surface area contributed by atoms with Crippen molar-refractivity contribution in [2.45, 2.75) is 25.3 Å². The van der Waals surface area contributed by atoms with E-state index < -0.39 is 0 Å². The lowest BCUT2D eigenvalue weighted by molar-refractivity contribution is 0.561. The van der Waals surface area contributed by atoms with Crippen LogP contribution in [0.5, 0.6) is 0 Å². The number of hydrogen-bond donors (Lipinski definition) is 1. The Labute approximate surface area is 109 Å². The summed E-state index contributed by atoms with van der Waals surface area (Å²) in [6.45, 7) is 0. The van der Waals surface area contributed by atoms with Crippen LogP contribution in [0, 0.1) is 5.92 Å². The van der Waals surface area contributed by atoms with Gasteiger partial charge in [0.2, 0.25) is 0 Å². The molecule has 3 rings (SSSR count). The Bertz CT molecular complexity index is 513. The molecule has 1 aliphatic carbocycles. The number of fused-ring (bicyclic) bond motifs is 1. The molecular formula is C12H14ClN3S. The molecule has 0 radical (unpaired) electrons. The quantitative estimate of drug-likeness (QED) is 0.865. The zero-order valence-electron chi connectivity index (χ0n) is 9.40. The smallest absolute Gasteiger partial charge is 0.147 e. The predicted octanol–water partition coefficient (Wildman–Crippen LogP) is 3.51. The van der Waals surface area contributed by atoms with Crippen molar-refractivity contribution in [2.75, 3.05) is 11.2 Å². The molecule has 1 N–H and O–H groups in total. The van der Waals surface area contributed by atoms with Gasteiger partial charge in [-0.3, -0.25) is 0 Å². The highest BCUT2D eigenvalue weighted by Gasteiger charge is 2.27. The Morgan fingerprint density at radius 3 is 3.24 bits per heavy atom. The van der Waals surface area contributed by atoms with Gasteiger partial charge in [0.25, 0.3) is 0 Å². The van der Waals surface area contributed by atoms with Crippen LogP contribution in [0.1, 0.15) is 19.3 Å². The van der Waals surface area contributed by atoms with Crippen LogP contribution in [0.4, 0.5) is 5.82 Å². The molecule has 2 atom stereocenters. The lowest BCUT2D eigenvalue weighted by Crippen LogP contribution is -2.25. The topological polar surface area (TPSA) is 37.8 Å². The second-order valence-corrected chi connectivity index (χ2v) is 5.68. The summed E-state index contributed by atoms with van der Waals surface area (Å²) in [6, 6.07) is 2.49. The first-order chi connectivity index (χ1) is 8.38. The van der Waals surface area contributed by atoms with E-state index in [9.17, 15) is 0 Å². The van der Waals surface area contributed by atoms with Gasteiger partial charge in [-0.25, -0.2) is 9.97 Å². The lowest BCUT2D eigenvalue weighted by Gasteiger charge is -2.19. The fraction of sp³-hybridized carbons (Fsp3) is 0.500. The Hall–Kier alpha value is -0.870. The largest absolute Gasteiger partial charge is 0.366 e. The summed E-state index contributed by atoms with van der Waals surface area (Å²) in [7, 11) is 0. The minimum absolute atomic E-state index is 0.465. The normalized spacial score (nSPS) is 24.3. The van der Waals surface area contributed by atoms with Crippen LogP contribution in [-0.2, 0) is 0 Å². The molecule has 0 aliphatic heterocycles. The highest BCUT2D eigenvalue weighted by Crippen LogP contribution is 2.32. The van der Waals surface area contributed by atoms with E-state index in [4.69, 9.17) is 11.6 Å². The zero-order chi connectivity index (χ0) is 11.7. The molecular weight excluding hydrogens is 254 g/mol. The summed E-state index contributed by atoms with van der Waals surface area (Å²) in [6.07, 6.45) is 5.30. The van der Waals surface area contributed by atoms with Crippen molar-refractivity contribution < 1.29 is 0 Å². The van der Waals surface area contributed by atoms with Crippen LogP contribution in [-0.4, -0.2) is 21.9 Å². The van der Waals surface area contributed by atoms with Gasteiger partial charge in [0.1, 0.15) is 12.1 Å². The standard InChI is InChI=1S/C12H14ClN3S/c13-6-8-2-1-3-9(8)16-12-11-10(4-5-17-11)14-7-15-12/h4-5,7-9H,1-3,6H2,(H,14,15,16). The Kier molecular flexibility index (Phi) is 3.16. The van der Waals surface area contributed by atoms with Crippen LogP contribution in [0.2, 0.25) is 0 Å². The Balaban J connectivity index is 1.87. The van der Waals surface area contributed by atoms with E-state index in [1.165, 1.54) is 19.3 Å². The summed E-state index contributed by atoms with van der Waals surface area (Å²) in [4.78, 5) is 8.61. The van der Waals surface area contributed by atoms with Crippen molar-refractivity contribution in [3.8, 4) is 0 Å². The van der Waals surface area contributed by atoms with Crippen molar-refractivity contribution >= 4 is 39.0 Å². The fourth-order valence-corrected chi connectivity index (χ4v) is 3.65. The summed E-state index contributed by atoms with van der Waals surface area (Å²) >= 11 is 7.68. The minimum atomic E-state index is 0.465. The van der Waals surface area contributed by atoms with Crippen molar-refractivity contribution in [3.63, 3.8) is 0 Å². The number of aromatic nitrogens is 2. The molecule has 0 spiro atoms. The number of rotatable bonds is 3. The van der Waals surface area contributed by atoms with Gasteiger partial charge < -0.3 is 5.32 Å². The van der Waals surface area contributed by atoms with Crippen LogP contribution >= 0.6 is 22.9 Å². The molecule has 2 heterocycles. The van der Waals surface area contributed by atoms with Crippen molar-refractivity contribution in [3.05, 3.63) is 17.8 Å². The average Bonchev–Trinajstić information content (AvgIpc) is 2.97. The second kappa shape index (κ2) is 4.78. The average molecular weight is 268 g/mol. The van der Waals surface area contributed by atoms with Gasteiger partial charge in [0, 0.05) is 11.9 Å². The Morgan fingerprint density at radius 1 is 1.41 bits per heavy atom. The summed E-state index contributed by atoms with van der Waals surface area (Å²) < 4.78 is 1.15. The number of alkyl halides is 1. The molecule has 90 valence electrons. The maximum absolute atomic E-state index is 6.00. The summed E-state index contributed by atoms with van der Waals surface area (Å²) in [5.74, 6) is 2.27. The SMILES string of the molecule is ClCC1CCCC1Nc1ncnc2ccsc12. The van der Waals surface area contributed by atoms with Gasteiger partial charge in [-0.1, -0.05) is 6.42 Å². The van der Waals surface area contributed by atoms with Crippen molar-refractivity contribution in [1.82, 2.24) is 9.97 Å². The van der Waals surface area contributed by atoms with Gasteiger partial charge in [-0.15, -0.1) is 22.9 Å². The molecule has 0 bridgehead atoms. The van der Waals surface area contributed by atoms with Crippen LogP contribution in [0.15, 0.2) is 17.8 Å². The third-order valence-electron chi connectivity index (χ3n) is 3.42. The van der Waals surface area contributed by atoms with E-state index in [1.54, 1.807) is 17.7 Å². The molecule has 3 nitrogen and oxygen atoms in total. The molecule has 1 fully saturated rings. The molecule has 1 aliphatic rings. The molecule has 17 heavy (non-hydrogen) atoms. The van der Waals surface area contributed by atoms with E-state index in [2.05, 4.69) is 20.7 Å². The molecule has 2 aromatic rings. The van der Waals surface area contributed by atoms with Crippen LogP contribution < -0.4 is 5.32 Å². The minimum Gasteiger partial charge on any atom is -0.366 e. The number of hydrogen-bond acceptors (Lipinski definition) is 4. The van der Waals surface area contributed by atoms with E-state index in [0.717, 1.165) is 21.9 Å². The number of halogens is 1. The summed E-state index contributed by atoms with van der Waals surface area (Å²) in [5.41, 5.74) is 1.02. The third-order valence-corrected chi connectivity index (χ3v) is 4.73. The lowest BCUT2D eigenvalue weighted by atomic mass is 10.1. The van der Waals surface area contributed by atoms with E-state index in [-0.39, 0.29) is 0 Å². The summed E-state index contributed by atoms with van der Waals surface area (Å²) in [5, 5.41) is 5.60. The fourth-order valence-electron chi connectivity index (χ4n) is 2.48. The van der Waals surface area contributed by atoms with Gasteiger partial charge in [-0.2, -0.15) is 0 Å². The maximum Gasteiger partial charge on any atom is 0.147 e. The van der Waals surface area contributed by atoms with Crippen molar-refractivity contribution in [1.29, 1.82) is 0 Å². The molecule has 2 aromatic heterocycles. The number of thiophene rings is 1. The molecule has 0 saturated heterocycles. The number of anilines is 1. The van der Waals surface area contributed by atoms with Crippen LogP contribution in [0.3, 0.4) is 0 Å². The third kappa shape index (κ3) is 2.11. The molecule has 0 aromatic carbocycles. The first-order valence-corrected chi connectivity index (χ1v) is 7.30. The van der Waals surface area contributed by atoms with E-state index in [0.29, 0.717) is 12.0 Å².